The molecule has 1 amide bonds. The number of amides is 1. The first-order chi connectivity index (χ1) is 6.00. The van der Waals surface area contributed by atoms with Crippen molar-refractivity contribution in [1.29, 1.82) is 0 Å². The minimum atomic E-state index is -4.79. The third-order valence-corrected chi connectivity index (χ3v) is 1.77. The first-order valence-corrected chi connectivity index (χ1v) is 3.97. The molecule has 1 aliphatic heterocycles. The van der Waals surface area contributed by atoms with Crippen LogP contribution < -0.4 is 5.32 Å². The molecule has 1 atom stereocenters. The van der Waals surface area contributed by atoms with Crippen LogP contribution in [0, 0.1) is 0 Å². The van der Waals surface area contributed by atoms with Crippen molar-refractivity contribution in [3.8, 4) is 0 Å². The van der Waals surface area contributed by atoms with E-state index in [1.807, 2.05) is 0 Å². The molecule has 0 aromatic heterocycles. The minimum Gasteiger partial charge on any atom is -0.376 e. The molecule has 1 saturated heterocycles. The molecule has 1 fully saturated rings. The summed E-state index contributed by atoms with van der Waals surface area (Å²) in [6.45, 7) is 0.505. The smallest absolute Gasteiger partial charge is 0.376 e. The lowest BCUT2D eigenvalue weighted by Gasteiger charge is -2.11. The van der Waals surface area contributed by atoms with E-state index in [1.54, 1.807) is 5.32 Å². The highest BCUT2D eigenvalue weighted by Gasteiger charge is 2.38. The fraction of sp³-hybridized carbons (Fsp3) is 0.857. The van der Waals surface area contributed by atoms with E-state index in [1.165, 1.54) is 0 Å². The van der Waals surface area contributed by atoms with E-state index in [9.17, 15) is 18.0 Å². The summed E-state index contributed by atoms with van der Waals surface area (Å²) in [6, 6.07) is 0. The molecule has 1 N–H and O–H groups in total. The number of alkyl halides is 3. The number of carbonyl (C=O) groups excluding carboxylic acids is 1. The Bertz CT molecular complexity index is 187. The van der Waals surface area contributed by atoms with Crippen molar-refractivity contribution in [2.24, 2.45) is 0 Å². The molecule has 0 spiro atoms. The minimum absolute atomic E-state index is 0.0572. The lowest BCUT2D eigenvalue weighted by Crippen LogP contribution is -2.40. The van der Waals surface area contributed by atoms with Crippen LogP contribution in [0.5, 0.6) is 0 Å². The third kappa shape index (κ3) is 3.22. The Morgan fingerprint density at radius 1 is 1.54 bits per heavy atom. The second-order valence-corrected chi connectivity index (χ2v) is 2.84. The Balaban J connectivity index is 2.22. The van der Waals surface area contributed by atoms with E-state index in [2.05, 4.69) is 0 Å². The Morgan fingerprint density at radius 2 is 2.23 bits per heavy atom. The molecule has 76 valence electrons. The molecule has 13 heavy (non-hydrogen) atoms. The van der Waals surface area contributed by atoms with Crippen LogP contribution in [-0.4, -0.2) is 31.3 Å². The molecule has 1 rings (SSSR count). The highest BCUT2D eigenvalue weighted by molar-refractivity contribution is 5.81. The summed E-state index contributed by atoms with van der Waals surface area (Å²) >= 11 is 0. The summed E-state index contributed by atoms with van der Waals surface area (Å²) in [5, 5.41) is 1.78. The van der Waals surface area contributed by atoms with Crippen molar-refractivity contribution in [1.82, 2.24) is 5.32 Å². The third-order valence-electron chi connectivity index (χ3n) is 1.77. The summed E-state index contributed by atoms with van der Waals surface area (Å²) < 4.78 is 40.0. The first-order valence-electron chi connectivity index (χ1n) is 3.97. The van der Waals surface area contributed by atoms with Gasteiger partial charge in [-0.25, -0.2) is 0 Å². The predicted molar refractivity (Wildman–Crippen MR) is 38.0 cm³/mol. The van der Waals surface area contributed by atoms with E-state index in [-0.39, 0.29) is 12.6 Å². The van der Waals surface area contributed by atoms with Gasteiger partial charge in [-0.05, 0) is 12.8 Å². The SMILES string of the molecule is O=C(NCC1CCCO1)C(F)(F)F. The first kappa shape index (κ1) is 10.3. The molecule has 0 radical (unpaired) electrons. The quantitative estimate of drug-likeness (QED) is 0.712. The number of hydrogen-bond donors (Lipinski definition) is 1. The number of carbonyl (C=O) groups is 1. The maximum absolute atomic E-state index is 11.7. The second kappa shape index (κ2) is 3.95. The molecular formula is C7H10F3NO2. The van der Waals surface area contributed by atoms with Crippen molar-refractivity contribution in [3.05, 3.63) is 0 Å². The van der Waals surface area contributed by atoms with Crippen molar-refractivity contribution in [2.45, 2.75) is 25.1 Å². The standard InChI is InChI=1S/C7H10F3NO2/c8-7(9,10)6(12)11-4-5-2-1-3-13-5/h5H,1-4H2,(H,11,12). The van der Waals surface area contributed by atoms with Crippen LogP contribution in [0.2, 0.25) is 0 Å². The molecule has 0 bridgehead atoms. The maximum Gasteiger partial charge on any atom is 0.471 e. The van der Waals surface area contributed by atoms with Crippen molar-refractivity contribution in [2.75, 3.05) is 13.2 Å². The molecule has 1 unspecified atom stereocenters. The number of ether oxygens (including phenoxy) is 1. The highest BCUT2D eigenvalue weighted by atomic mass is 19.4. The fourth-order valence-electron chi connectivity index (χ4n) is 1.11. The molecule has 0 aromatic rings. The van der Waals surface area contributed by atoms with Gasteiger partial charge < -0.3 is 10.1 Å². The molecular weight excluding hydrogens is 187 g/mol. The fourth-order valence-corrected chi connectivity index (χ4v) is 1.11. The van der Waals surface area contributed by atoms with Crippen LogP contribution in [0.25, 0.3) is 0 Å². The average molecular weight is 197 g/mol. The maximum atomic E-state index is 11.7. The van der Waals surface area contributed by atoms with Crippen LogP contribution in [0.1, 0.15) is 12.8 Å². The Hall–Kier alpha value is -0.780. The van der Waals surface area contributed by atoms with Gasteiger partial charge >= 0.3 is 12.1 Å². The largest absolute Gasteiger partial charge is 0.471 e. The van der Waals surface area contributed by atoms with Gasteiger partial charge in [0.25, 0.3) is 0 Å². The number of rotatable bonds is 2. The zero-order valence-electron chi connectivity index (χ0n) is 6.86. The van der Waals surface area contributed by atoms with Gasteiger partial charge in [0.15, 0.2) is 0 Å². The molecule has 3 nitrogen and oxygen atoms in total. The number of hydrogen-bond acceptors (Lipinski definition) is 2. The van der Waals surface area contributed by atoms with Gasteiger partial charge in [0, 0.05) is 13.2 Å². The van der Waals surface area contributed by atoms with E-state index < -0.39 is 12.1 Å². The summed E-state index contributed by atoms with van der Waals surface area (Å²) in [4.78, 5) is 10.3. The normalized spacial score (nSPS) is 23.2. The van der Waals surface area contributed by atoms with Gasteiger partial charge in [0.05, 0.1) is 6.10 Å². The topological polar surface area (TPSA) is 38.3 Å². The predicted octanol–water partition coefficient (Wildman–Crippen LogP) is 0.844. The Labute approximate surface area is 73.2 Å². The Kier molecular flexibility index (Phi) is 3.13. The zero-order chi connectivity index (χ0) is 9.90. The van der Waals surface area contributed by atoms with Gasteiger partial charge in [-0.2, -0.15) is 13.2 Å². The van der Waals surface area contributed by atoms with Crippen molar-refractivity contribution < 1.29 is 22.7 Å². The average Bonchev–Trinajstić information content (AvgIpc) is 2.50. The molecule has 0 aromatic carbocycles. The van der Waals surface area contributed by atoms with E-state index in [4.69, 9.17) is 4.74 Å². The lowest BCUT2D eigenvalue weighted by molar-refractivity contribution is -0.174. The van der Waals surface area contributed by atoms with Gasteiger partial charge in [-0.15, -0.1) is 0 Å². The molecule has 6 heteroatoms. The zero-order valence-corrected chi connectivity index (χ0v) is 6.86. The van der Waals surface area contributed by atoms with E-state index in [0.717, 1.165) is 6.42 Å². The van der Waals surface area contributed by atoms with Crippen LogP contribution >= 0.6 is 0 Å². The molecule has 1 aliphatic rings. The number of halogens is 3. The lowest BCUT2D eigenvalue weighted by atomic mass is 10.2. The highest BCUT2D eigenvalue weighted by Crippen LogP contribution is 2.15. The van der Waals surface area contributed by atoms with E-state index in [0.29, 0.717) is 13.0 Å². The second-order valence-electron chi connectivity index (χ2n) is 2.84. The summed E-state index contributed by atoms with van der Waals surface area (Å²) in [6.07, 6.45) is -3.50. The summed E-state index contributed by atoms with van der Waals surface area (Å²) in [7, 11) is 0. The van der Waals surface area contributed by atoms with Crippen LogP contribution in [0.4, 0.5) is 13.2 Å². The van der Waals surface area contributed by atoms with E-state index >= 15 is 0 Å². The Morgan fingerprint density at radius 3 is 2.69 bits per heavy atom. The number of nitrogens with one attached hydrogen (secondary N) is 1. The van der Waals surface area contributed by atoms with Gasteiger partial charge in [0.2, 0.25) is 0 Å². The van der Waals surface area contributed by atoms with Crippen LogP contribution in [0.15, 0.2) is 0 Å². The van der Waals surface area contributed by atoms with Crippen molar-refractivity contribution in [3.63, 3.8) is 0 Å². The summed E-state index contributed by atoms with van der Waals surface area (Å²) in [5.74, 6) is -1.90. The van der Waals surface area contributed by atoms with Crippen LogP contribution in [0.3, 0.4) is 0 Å². The van der Waals surface area contributed by atoms with Crippen LogP contribution in [-0.2, 0) is 9.53 Å². The monoisotopic (exact) mass is 197 g/mol. The van der Waals surface area contributed by atoms with Crippen molar-refractivity contribution >= 4 is 5.91 Å². The molecule has 0 saturated carbocycles. The van der Waals surface area contributed by atoms with Gasteiger partial charge in [-0.1, -0.05) is 0 Å². The molecule has 0 aliphatic carbocycles. The van der Waals surface area contributed by atoms with Gasteiger partial charge in [-0.3, -0.25) is 4.79 Å². The summed E-state index contributed by atoms with van der Waals surface area (Å²) in [5.41, 5.74) is 0. The van der Waals surface area contributed by atoms with Gasteiger partial charge in [0.1, 0.15) is 0 Å². The molecule has 1 heterocycles.